The zero-order chi connectivity index (χ0) is 15.6. The summed E-state index contributed by atoms with van der Waals surface area (Å²) >= 11 is 0. The van der Waals surface area contributed by atoms with Crippen molar-refractivity contribution in [3.63, 3.8) is 0 Å². The Morgan fingerprint density at radius 3 is 2.55 bits per heavy atom. The SMILES string of the molecule is CCC(=O)NCCCCc1cccc(Oc2ccccc2)c1. The first kappa shape index (κ1) is 16.1. The third-order valence-electron chi connectivity index (χ3n) is 3.41. The van der Waals surface area contributed by atoms with Gasteiger partial charge >= 0.3 is 0 Å². The topological polar surface area (TPSA) is 38.3 Å². The molecule has 1 amide bonds. The van der Waals surface area contributed by atoms with E-state index in [4.69, 9.17) is 4.74 Å². The quantitative estimate of drug-likeness (QED) is 0.737. The Morgan fingerprint density at radius 2 is 1.77 bits per heavy atom. The van der Waals surface area contributed by atoms with Gasteiger partial charge in [-0.1, -0.05) is 37.3 Å². The van der Waals surface area contributed by atoms with Gasteiger partial charge in [0.05, 0.1) is 0 Å². The molecule has 0 bridgehead atoms. The van der Waals surface area contributed by atoms with Gasteiger partial charge in [-0.05, 0) is 49.1 Å². The lowest BCUT2D eigenvalue weighted by atomic mass is 10.1. The molecule has 0 fully saturated rings. The van der Waals surface area contributed by atoms with Crippen LogP contribution in [0.3, 0.4) is 0 Å². The Hall–Kier alpha value is -2.29. The van der Waals surface area contributed by atoms with Gasteiger partial charge < -0.3 is 10.1 Å². The van der Waals surface area contributed by atoms with E-state index in [1.165, 1.54) is 5.56 Å². The molecular weight excluding hydrogens is 274 g/mol. The number of carbonyl (C=O) groups excluding carboxylic acids is 1. The molecule has 0 radical (unpaired) electrons. The van der Waals surface area contributed by atoms with Gasteiger partial charge in [-0.15, -0.1) is 0 Å². The zero-order valence-corrected chi connectivity index (χ0v) is 13.0. The second-order valence-electron chi connectivity index (χ2n) is 5.22. The highest BCUT2D eigenvalue weighted by Gasteiger charge is 2.00. The van der Waals surface area contributed by atoms with E-state index >= 15 is 0 Å². The first-order valence-corrected chi connectivity index (χ1v) is 7.86. The van der Waals surface area contributed by atoms with Crippen LogP contribution in [0.5, 0.6) is 11.5 Å². The van der Waals surface area contributed by atoms with Crippen molar-refractivity contribution in [2.75, 3.05) is 6.54 Å². The van der Waals surface area contributed by atoms with Crippen LogP contribution in [0.4, 0.5) is 0 Å². The second kappa shape index (κ2) is 8.88. The molecule has 0 aliphatic carbocycles. The number of para-hydroxylation sites is 1. The molecule has 22 heavy (non-hydrogen) atoms. The van der Waals surface area contributed by atoms with Crippen molar-refractivity contribution in [1.82, 2.24) is 5.32 Å². The van der Waals surface area contributed by atoms with E-state index in [1.807, 2.05) is 49.4 Å². The van der Waals surface area contributed by atoms with Gasteiger partial charge in [0.1, 0.15) is 11.5 Å². The molecule has 0 aliphatic heterocycles. The van der Waals surface area contributed by atoms with Gasteiger partial charge in [-0.3, -0.25) is 4.79 Å². The molecule has 2 rings (SSSR count). The van der Waals surface area contributed by atoms with Crippen LogP contribution in [0, 0.1) is 0 Å². The summed E-state index contributed by atoms with van der Waals surface area (Å²) in [5.74, 6) is 1.84. The largest absolute Gasteiger partial charge is 0.457 e. The van der Waals surface area contributed by atoms with Crippen molar-refractivity contribution in [1.29, 1.82) is 0 Å². The highest BCUT2D eigenvalue weighted by atomic mass is 16.5. The summed E-state index contributed by atoms with van der Waals surface area (Å²) in [5.41, 5.74) is 1.26. The molecule has 0 aromatic heterocycles. The van der Waals surface area contributed by atoms with Gasteiger partial charge in [0.2, 0.25) is 5.91 Å². The van der Waals surface area contributed by atoms with Gasteiger partial charge in [0.15, 0.2) is 0 Å². The molecule has 2 aromatic rings. The highest BCUT2D eigenvalue weighted by Crippen LogP contribution is 2.22. The van der Waals surface area contributed by atoms with Gasteiger partial charge in [-0.2, -0.15) is 0 Å². The Kier molecular flexibility index (Phi) is 6.49. The predicted molar refractivity (Wildman–Crippen MR) is 89.2 cm³/mol. The number of benzene rings is 2. The zero-order valence-electron chi connectivity index (χ0n) is 13.0. The molecular formula is C19H23NO2. The van der Waals surface area contributed by atoms with E-state index in [-0.39, 0.29) is 5.91 Å². The predicted octanol–water partition coefficient (Wildman–Crippen LogP) is 4.33. The van der Waals surface area contributed by atoms with Crippen molar-refractivity contribution in [2.45, 2.75) is 32.6 Å². The Bertz CT molecular complexity index is 581. The lowest BCUT2D eigenvalue weighted by molar-refractivity contribution is -0.120. The maximum Gasteiger partial charge on any atom is 0.219 e. The van der Waals surface area contributed by atoms with E-state index in [9.17, 15) is 4.79 Å². The molecule has 0 aliphatic rings. The molecule has 2 aromatic carbocycles. The standard InChI is InChI=1S/C19H23NO2/c1-2-19(21)20-14-7-6-9-16-10-8-13-18(15-16)22-17-11-4-3-5-12-17/h3-5,8,10-13,15H,2,6-7,9,14H2,1H3,(H,20,21). The molecule has 116 valence electrons. The summed E-state index contributed by atoms with van der Waals surface area (Å²) in [4.78, 5) is 11.1. The maximum atomic E-state index is 11.1. The average molecular weight is 297 g/mol. The number of amides is 1. The summed E-state index contributed by atoms with van der Waals surface area (Å²) in [7, 11) is 0. The number of carbonyl (C=O) groups is 1. The van der Waals surface area contributed by atoms with Crippen LogP contribution < -0.4 is 10.1 Å². The van der Waals surface area contributed by atoms with Crippen LogP contribution >= 0.6 is 0 Å². The van der Waals surface area contributed by atoms with Crippen molar-refractivity contribution in [2.24, 2.45) is 0 Å². The van der Waals surface area contributed by atoms with E-state index in [1.54, 1.807) is 0 Å². The lowest BCUT2D eigenvalue weighted by Gasteiger charge is -2.08. The normalized spacial score (nSPS) is 10.2. The fourth-order valence-electron chi connectivity index (χ4n) is 2.20. The van der Waals surface area contributed by atoms with Crippen LogP contribution in [0.25, 0.3) is 0 Å². The number of rotatable bonds is 8. The van der Waals surface area contributed by atoms with Crippen LogP contribution in [0.2, 0.25) is 0 Å². The number of nitrogens with one attached hydrogen (secondary N) is 1. The van der Waals surface area contributed by atoms with E-state index in [2.05, 4.69) is 17.4 Å². The second-order valence-corrected chi connectivity index (χ2v) is 5.22. The monoisotopic (exact) mass is 297 g/mol. The van der Waals surface area contributed by atoms with Crippen LogP contribution in [-0.2, 0) is 11.2 Å². The number of hydrogen-bond donors (Lipinski definition) is 1. The molecule has 3 nitrogen and oxygen atoms in total. The molecule has 0 heterocycles. The molecule has 0 atom stereocenters. The number of unbranched alkanes of at least 4 members (excludes halogenated alkanes) is 1. The molecule has 1 N–H and O–H groups in total. The minimum absolute atomic E-state index is 0.123. The summed E-state index contributed by atoms with van der Waals surface area (Å²) in [6.45, 7) is 2.63. The first-order chi connectivity index (χ1) is 10.8. The Labute approximate surface area is 132 Å². The smallest absolute Gasteiger partial charge is 0.219 e. The van der Waals surface area contributed by atoms with E-state index in [0.29, 0.717) is 6.42 Å². The van der Waals surface area contributed by atoms with Gasteiger partial charge in [0, 0.05) is 13.0 Å². The third kappa shape index (κ3) is 5.60. The molecule has 0 saturated carbocycles. The molecule has 3 heteroatoms. The van der Waals surface area contributed by atoms with Gasteiger partial charge in [0.25, 0.3) is 0 Å². The molecule has 0 saturated heterocycles. The average Bonchev–Trinajstić information content (AvgIpc) is 2.55. The fraction of sp³-hybridized carbons (Fsp3) is 0.316. The summed E-state index contributed by atoms with van der Waals surface area (Å²) < 4.78 is 5.84. The Morgan fingerprint density at radius 1 is 1.00 bits per heavy atom. The minimum Gasteiger partial charge on any atom is -0.457 e. The lowest BCUT2D eigenvalue weighted by Crippen LogP contribution is -2.23. The summed E-state index contributed by atoms with van der Waals surface area (Å²) in [5, 5.41) is 2.90. The van der Waals surface area contributed by atoms with Gasteiger partial charge in [-0.25, -0.2) is 0 Å². The Balaban J connectivity index is 1.78. The molecule has 0 spiro atoms. The van der Waals surface area contributed by atoms with Crippen LogP contribution in [-0.4, -0.2) is 12.5 Å². The van der Waals surface area contributed by atoms with Crippen molar-refractivity contribution >= 4 is 5.91 Å². The highest BCUT2D eigenvalue weighted by molar-refractivity contribution is 5.75. The van der Waals surface area contributed by atoms with E-state index < -0.39 is 0 Å². The van der Waals surface area contributed by atoms with Crippen molar-refractivity contribution < 1.29 is 9.53 Å². The molecule has 0 unspecified atom stereocenters. The van der Waals surface area contributed by atoms with Crippen molar-refractivity contribution in [3.05, 3.63) is 60.2 Å². The number of ether oxygens (including phenoxy) is 1. The summed E-state index contributed by atoms with van der Waals surface area (Å²) in [6, 6.07) is 18.0. The fourth-order valence-corrected chi connectivity index (χ4v) is 2.20. The van der Waals surface area contributed by atoms with Crippen LogP contribution in [0.1, 0.15) is 31.7 Å². The number of aryl methyl sites for hydroxylation is 1. The van der Waals surface area contributed by atoms with E-state index in [0.717, 1.165) is 37.3 Å². The first-order valence-electron chi connectivity index (χ1n) is 7.86. The van der Waals surface area contributed by atoms with Crippen molar-refractivity contribution in [3.8, 4) is 11.5 Å². The summed E-state index contributed by atoms with van der Waals surface area (Å²) in [6.07, 6.45) is 3.60. The number of hydrogen-bond acceptors (Lipinski definition) is 2. The minimum atomic E-state index is 0.123. The maximum absolute atomic E-state index is 11.1. The third-order valence-corrected chi connectivity index (χ3v) is 3.41. The van der Waals surface area contributed by atoms with Crippen LogP contribution in [0.15, 0.2) is 54.6 Å².